The Morgan fingerprint density at radius 3 is 2.78 bits per heavy atom. The van der Waals surface area contributed by atoms with E-state index in [1.54, 1.807) is 0 Å². The van der Waals surface area contributed by atoms with Crippen LogP contribution in [0.5, 0.6) is 0 Å². The summed E-state index contributed by atoms with van der Waals surface area (Å²) in [6.45, 7) is 2.96. The van der Waals surface area contributed by atoms with Gasteiger partial charge in [-0.15, -0.1) is 0 Å². The van der Waals surface area contributed by atoms with E-state index in [1.165, 1.54) is 29.2 Å². The molecule has 3 rings (SSSR count). The molecule has 4 heteroatoms. The van der Waals surface area contributed by atoms with Crippen LogP contribution < -0.4 is 10.6 Å². The van der Waals surface area contributed by atoms with Crippen LogP contribution in [0, 0.1) is 12.8 Å². The van der Waals surface area contributed by atoms with Crippen molar-refractivity contribution in [3.05, 3.63) is 29.8 Å². The summed E-state index contributed by atoms with van der Waals surface area (Å²) in [4.78, 5) is 6.69. The smallest absolute Gasteiger partial charge is 0.196 e. The number of rotatable bonds is 2. The zero-order valence-corrected chi connectivity index (χ0v) is 11.5. The number of anilines is 1. The van der Waals surface area contributed by atoms with E-state index >= 15 is 0 Å². The number of hydrogen-bond donors (Lipinski definition) is 1. The normalized spacial score (nSPS) is 27.6. The van der Waals surface area contributed by atoms with Gasteiger partial charge in [-0.05, 0) is 42.9 Å². The van der Waals surface area contributed by atoms with Crippen LogP contribution in [0.4, 0.5) is 5.69 Å². The summed E-state index contributed by atoms with van der Waals surface area (Å²) in [6, 6.07) is 9.04. The van der Waals surface area contributed by atoms with Crippen LogP contribution in [0.25, 0.3) is 0 Å². The van der Waals surface area contributed by atoms with Crippen LogP contribution in [0.3, 0.4) is 0 Å². The third-order valence-electron chi connectivity index (χ3n) is 3.84. The SMILES string of the molecule is Cc1ccc(N2C(N)=NCC2C2CCSC2)cc1. The zero-order valence-electron chi connectivity index (χ0n) is 10.7. The second kappa shape index (κ2) is 4.84. The number of hydrogen-bond acceptors (Lipinski definition) is 4. The number of aryl methyl sites for hydroxylation is 1. The van der Waals surface area contributed by atoms with Crippen LogP contribution in [-0.4, -0.2) is 30.1 Å². The lowest BCUT2D eigenvalue weighted by Gasteiger charge is -2.30. The monoisotopic (exact) mass is 261 g/mol. The van der Waals surface area contributed by atoms with E-state index in [0.717, 1.165) is 12.5 Å². The van der Waals surface area contributed by atoms with Crippen LogP contribution in [0.2, 0.25) is 0 Å². The number of thioether (sulfide) groups is 1. The Balaban J connectivity index is 1.86. The standard InChI is InChI=1S/C14H19N3S/c1-10-2-4-12(5-3-10)17-13(8-16-14(17)15)11-6-7-18-9-11/h2-5,11,13H,6-9H2,1H3,(H2,15,16). The molecular formula is C14H19N3S. The summed E-state index contributed by atoms with van der Waals surface area (Å²) in [6.07, 6.45) is 1.29. The zero-order chi connectivity index (χ0) is 12.5. The van der Waals surface area contributed by atoms with Crippen molar-refractivity contribution in [1.82, 2.24) is 0 Å². The van der Waals surface area contributed by atoms with Crippen molar-refractivity contribution in [1.29, 1.82) is 0 Å². The molecule has 2 atom stereocenters. The van der Waals surface area contributed by atoms with Crippen molar-refractivity contribution in [3.8, 4) is 0 Å². The first-order chi connectivity index (χ1) is 8.75. The third kappa shape index (κ3) is 2.09. The Kier molecular flexibility index (Phi) is 3.20. The molecule has 2 aliphatic heterocycles. The minimum absolute atomic E-state index is 0.461. The van der Waals surface area contributed by atoms with Gasteiger partial charge in [0, 0.05) is 5.69 Å². The van der Waals surface area contributed by atoms with Crippen molar-refractivity contribution in [2.24, 2.45) is 16.6 Å². The van der Waals surface area contributed by atoms with Crippen LogP contribution in [-0.2, 0) is 0 Å². The van der Waals surface area contributed by atoms with E-state index in [2.05, 4.69) is 52.8 Å². The van der Waals surface area contributed by atoms with Crippen molar-refractivity contribution in [3.63, 3.8) is 0 Å². The fourth-order valence-electron chi connectivity index (χ4n) is 2.76. The van der Waals surface area contributed by atoms with Gasteiger partial charge in [-0.25, -0.2) is 0 Å². The minimum Gasteiger partial charge on any atom is -0.370 e. The van der Waals surface area contributed by atoms with Gasteiger partial charge in [0.2, 0.25) is 0 Å². The molecule has 0 amide bonds. The molecule has 0 aromatic heterocycles. The van der Waals surface area contributed by atoms with E-state index in [1.807, 2.05) is 0 Å². The van der Waals surface area contributed by atoms with Gasteiger partial charge in [-0.3, -0.25) is 4.99 Å². The molecule has 0 aliphatic carbocycles. The number of nitrogens with two attached hydrogens (primary N) is 1. The van der Waals surface area contributed by atoms with E-state index < -0.39 is 0 Å². The molecular weight excluding hydrogens is 242 g/mol. The second-order valence-electron chi connectivity index (χ2n) is 5.10. The van der Waals surface area contributed by atoms with E-state index in [9.17, 15) is 0 Å². The molecule has 0 saturated carbocycles. The number of nitrogens with zero attached hydrogens (tertiary/aromatic N) is 2. The molecule has 1 saturated heterocycles. The second-order valence-corrected chi connectivity index (χ2v) is 6.25. The largest absolute Gasteiger partial charge is 0.370 e. The van der Waals surface area contributed by atoms with Gasteiger partial charge in [-0.1, -0.05) is 17.7 Å². The Morgan fingerprint density at radius 1 is 1.33 bits per heavy atom. The lowest BCUT2D eigenvalue weighted by molar-refractivity contribution is 0.486. The molecule has 1 aromatic carbocycles. The highest BCUT2D eigenvalue weighted by Crippen LogP contribution is 2.33. The maximum Gasteiger partial charge on any atom is 0.196 e. The summed E-state index contributed by atoms with van der Waals surface area (Å²) < 4.78 is 0. The van der Waals surface area contributed by atoms with Crippen LogP contribution >= 0.6 is 11.8 Å². The van der Waals surface area contributed by atoms with Gasteiger partial charge in [0.25, 0.3) is 0 Å². The first-order valence-corrected chi connectivity index (χ1v) is 7.65. The van der Waals surface area contributed by atoms with Gasteiger partial charge in [0.15, 0.2) is 5.96 Å². The lowest BCUT2D eigenvalue weighted by atomic mass is 9.98. The van der Waals surface area contributed by atoms with Crippen molar-refractivity contribution < 1.29 is 0 Å². The quantitative estimate of drug-likeness (QED) is 0.888. The molecule has 2 unspecified atom stereocenters. The van der Waals surface area contributed by atoms with E-state index in [-0.39, 0.29) is 0 Å². The molecule has 18 heavy (non-hydrogen) atoms. The number of benzene rings is 1. The van der Waals surface area contributed by atoms with Crippen LogP contribution in [0.1, 0.15) is 12.0 Å². The summed E-state index contributed by atoms with van der Waals surface area (Å²) in [5.41, 5.74) is 8.54. The lowest BCUT2D eigenvalue weighted by Crippen LogP contribution is -2.45. The van der Waals surface area contributed by atoms with Crippen molar-refractivity contribution >= 4 is 23.4 Å². The first-order valence-electron chi connectivity index (χ1n) is 6.49. The topological polar surface area (TPSA) is 41.6 Å². The summed E-state index contributed by atoms with van der Waals surface area (Å²) in [5.74, 6) is 3.93. The van der Waals surface area contributed by atoms with Gasteiger partial charge >= 0.3 is 0 Å². The molecule has 1 aromatic rings. The van der Waals surface area contributed by atoms with Crippen molar-refractivity contribution in [2.75, 3.05) is 23.0 Å². The predicted molar refractivity (Wildman–Crippen MR) is 79.4 cm³/mol. The maximum absolute atomic E-state index is 6.08. The Hall–Kier alpha value is -1.16. The average Bonchev–Trinajstić information content (AvgIpc) is 2.99. The average molecular weight is 261 g/mol. The molecule has 96 valence electrons. The van der Waals surface area contributed by atoms with E-state index in [0.29, 0.717) is 12.0 Å². The summed E-state index contributed by atoms with van der Waals surface area (Å²) in [7, 11) is 0. The molecule has 3 nitrogen and oxygen atoms in total. The van der Waals surface area contributed by atoms with Gasteiger partial charge in [-0.2, -0.15) is 11.8 Å². The minimum atomic E-state index is 0.461. The van der Waals surface area contributed by atoms with Gasteiger partial charge in [0.1, 0.15) is 0 Å². The fourth-order valence-corrected chi connectivity index (χ4v) is 4.09. The molecule has 2 heterocycles. The van der Waals surface area contributed by atoms with Crippen LogP contribution in [0.15, 0.2) is 29.3 Å². The van der Waals surface area contributed by atoms with Gasteiger partial charge < -0.3 is 10.6 Å². The van der Waals surface area contributed by atoms with E-state index in [4.69, 9.17) is 5.73 Å². The maximum atomic E-state index is 6.08. The van der Waals surface area contributed by atoms with Gasteiger partial charge in [0.05, 0.1) is 12.6 Å². The summed E-state index contributed by atoms with van der Waals surface area (Å²) in [5, 5.41) is 0. The molecule has 0 spiro atoms. The Labute approximate surface area is 112 Å². The third-order valence-corrected chi connectivity index (χ3v) is 5.03. The highest BCUT2D eigenvalue weighted by molar-refractivity contribution is 7.99. The van der Waals surface area contributed by atoms with Crippen molar-refractivity contribution in [2.45, 2.75) is 19.4 Å². The predicted octanol–water partition coefficient (Wildman–Crippen LogP) is 2.25. The Morgan fingerprint density at radius 2 is 2.11 bits per heavy atom. The molecule has 2 N–H and O–H groups in total. The summed E-state index contributed by atoms with van der Waals surface area (Å²) >= 11 is 2.05. The highest BCUT2D eigenvalue weighted by Gasteiger charge is 2.35. The molecule has 0 bridgehead atoms. The molecule has 2 aliphatic rings. The molecule has 0 radical (unpaired) electrons. The number of guanidine groups is 1. The number of aliphatic imine (C=N–C) groups is 1. The molecule has 1 fully saturated rings. The fraction of sp³-hybridized carbons (Fsp3) is 0.500. The highest BCUT2D eigenvalue weighted by atomic mass is 32.2. The Bertz CT molecular complexity index is 449. The first kappa shape index (κ1) is 11.9.